The smallest absolute Gasteiger partial charge is 0.411 e. The molecule has 0 aliphatic carbocycles. The molecule has 3 aromatic rings. The molecule has 7 nitrogen and oxygen atoms in total. The Hall–Kier alpha value is -3.35. The number of nitrogens with zero attached hydrogens (tertiary/aromatic N) is 2. The van der Waals surface area contributed by atoms with Gasteiger partial charge in [-0.05, 0) is 36.4 Å². The van der Waals surface area contributed by atoms with Crippen LogP contribution in [0.2, 0.25) is 0 Å². The molecule has 0 bridgehead atoms. The number of nitrogens with one attached hydrogen (secondary N) is 1. The third-order valence-electron chi connectivity index (χ3n) is 3.14. The van der Waals surface area contributed by atoms with Crippen LogP contribution in [0.25, 0.3) is 11.5 Å². The molecule has 1 aromatic heterocycles. The number of ether oxygens (including phenoxy) is 2. The van der Waals surface area contributed by atoms with Crippen molar-refractivity contribution in [1.82, 2.24) is 10.2 Å². The molecule has 122 valence electrons. The molecular formula is C17H15N3O4. The predicted octanol–water partition coefficient (Wildman–Crippen LogP) is 3.49. The van der Waals surface area contributed by atoms with Crippen molar-refractivity contribution in [3.8, 4) is 17.2 Å². The van der Waals surface area contributed by atoms with Crippen LogP contribution in [0.1, 0.15) is 5.89 Å². The third kappa shape index (κ3) is 3.89. The maximum atomic E-state index is 11.1. The second-order valence-corrected chi connectivity index (χ2v) is 4.80. The molecule has 3 rings (SSSR count). The van der Waals surface area contributed by atoms with Crippen LogP contribution in [0.3, 0.4) is 0 Å². The van der Waals surface area contributed by atoms with E-state index in [0.29, 0.717) is 23.2 Å². The summed E-state index contributed by atoms with van der Waals surface area (Å²) < 4.78 is 15.7. The van der Waals surface area contributed by atoms with Gasteiger partial charge in [-0.15, -0.1) is 10.2 Å². The monoisotopic (exact) mass is 325 g/mol. The summed E-state index contributed by atoms with van der Waals surface area (Å²) in [5.74, 6) is 1.45. The molecule has 0 saturated carbocycles. The number of hydrogen-bond donors (Lipinski definition) is 1. The molecule has 1 amide bonds. The molecule has 0 spiro atoms. The Labute approximate surface area is 138 Å². The van der Waals surface area contributed by atoms with Crippen LogP contribution in [-0.4, -0.2) is 23.4 Å². The first-order valence-corrected chi connectivity index (χ1v) is 7.20. The molecule has 0 fully saturated rings. The number of carbonyl (C=O) groups is 1. The van der Waals surface area contributed by atoms with Gasteiger partial charge in [0.1, 0.15) is 5.75 Å². The fourth-order valence-corrected chi connectivity index (χ4v) is 1.96. The lowest BCUT2D eigenvalue weighted by atomic mass is 10.2. The van der Waals surface area contributed by atoms with E-state index in [1.54, 1.807) is 24.3 Å². The van der Waals surface area contributed by atoms with Gasteiger partial charge < -0.3 is 13.9 Å². The highest BCUT2D eigenvalue weighted by molar-refractivity contribution is 5.84. The number of hydrogen-bond acceptors (Lipinski definition) is 6. The van der Waals surface area contributed by atoms with Gasteiger partial charge in [0.15, 0.2) is 6.61 Å². The summed E-state index contributed by atoms with van der Waals surface area (Å²) in [6.07, 6.45) is -0.525. The molecule has 0 aliphatic heterocycles. The zero-order chi connectivity index (χ0) is 16.8. The summed E-state index contributed by atoms with van der Waals surface area (Å²) in [4.78, 5) is 11.1. The molecule has 0 radical (unpaired) electrons. The van der Waals surface area contributed by atoms with Crippen LogP contribution in [0.5, 0.6) is 5.75 Å². The van der Waals surface area contributed by atoms with Gasteiger partial charge in [-0.25, -0.2) is 4.79 Å². The Balaban J connectivity index is 1.58. The maximum absolute atomic E-state index is 11.1. The summed E-state index contributed by atoms with van der Waals surface area (Å²) in [5.41, 5.74) is 1.47. The van der Waals surface area contributed by atoms with Crippen molar-refractivity contribution in [2.24, 2.45) is 0 Å². The standard InChI is InChI=1S/C17H15N3O4/c1-22-17(21)18-13-7-9-14(10-8-13)23-11-15-19-20-16(24-15)12-5-3-2-4-6-12/h2-10H,11H2,1H3,(H,18,21). The summed E-state index contributed by atoms with van der Waals surface area (Å²) in [6, 6.07) is 16.4. The fourth-order valence-electron chi connectivity index (χ4n) is 1.96. The Morgan fingerprint density at radius 3 is 2.54 bits per heavy atom. The molecule has 0 saturated heterocycles. The van der Waals surface area contributed by atoms with Crippen LogP contribution >= 0.6 is 0 Å². The average molecular weight is 325 g/mol. The van der Waals surface area contributed by atoms with Crippen LogP contribution in [0.15, 0.2) is 59.0 Å². The highest BCUT2D eigenvalue weighted by Gasteiger charge is 2.08. The summed E-state index contributed by atoms with van der Waals surface area (Å²) in [7, 11) is 1.31. The lowest BCUT2D eigenvalue weighted by molar-refractivity contribution is 0.187. The van der Waals surface area contributed by atoms with E-state index < -0.39 is 6.09 Å². The fraction of sp³-hybridized carbons (Fsp3) is 0.118. The lowest BCUT2D eigenvalue weighted by Gasteiger charge is -2.06. The van der Waals surface area contributed by atoms with E-state index in [1.165, 1.54) is 7.11 Å². The predicted molar refractivity (Wildman–Crippen MR) is 86.5 cm³/mol. The SMILES string of the molecule is COC(=O)Nc1ccc(OCc2nnc(-c3ccccc3)o2)cc1. The second-order valence-electron chi connectivity index (χ2n) is 4.80. The first-order chi connectivity index (χ1) is 11.7. The minimum Gasteiger partial charge on any atom is -0.484 e. The van der Waals surface area contributed by atoms with Crippen LogP contribution in [-0.2, 0) is 11.3 Å². The number of methoxy groups -OCH3 is 1. The number of aromatic nitrogens is 2. The molecule has 1 N–H and O–H groups in total. The van der Waals surface area contributed by atoms with Crippen molar-refractivity contribution in [2.75, 3.05) is 12.4 Å². The van der Waals surface area contributed by atoms with Crippen LogP contribution < -0.4 is 10.1 Å². The largest absolute Gasteiger partial charge is 0.484 e. The van der Waals surface area contributed by atoms with E-state index in [2.05, 4.69) is 20.3 Å². The van der Waals surface area contributed by atoms with Crippen molar-refractivity contribution in [2.45, 2.75) is 6.61 Å². The van der Waals surface area contributed by atoms with Crippen molar-refractivity contribution < 1.29 is 18.7 Å². The molecule has 2 aromatic carbocycles. The van der Waals surface area contributed by atoms with E-state index >= 15 is 0 Å². The minimum absolute atomic E-state index is 0.156. The van der Waals surface area contributed by atoms with Gasteiger partial charge >= 0.3 is 6.09 Å². The number of carbonyl (C=O) groups excluding carboxylic acids is 1. The van der Waals surface area contributed by atoms with Gasteiger partial charge in [0.05, 0.1) is 7.11 Å². The summed E-state index contributed by atoms with van der Waals surface area (Å²) >= 11 is 0. The van der Waals surface area contributed by atoms with Gasteiger partial charge in [-0.1, -0.05) is 18.2 Å². The van der Waals surface area contributed by atoms with Gasteiger partial charge in [0, 0.05) is 11.3 Å². The zero-order valence-electron chi connectivity index (χ0n) is 12.9. The second kappa shape index (κ2) is 7.28. The van der Waals surface area contributed by atoms with Gasteiger partial charge in [0.2, 0.25) is 5.89 Å². The van der Waals surface area contributed by atoms with E-state index in [4.69, 9.17) is 9.15 Å². The Bertz CT molecular complexity index is 800. The summed E-state index contributed by atoms with van der Waals surface area (Å²) in [6.45, 7) is 0.156. The van der Waals surface area contributed by atoms with E-state index in [-0.39, 0.29) is 6.61 Å². The Kier molecular flexibility index (Phi) is 4.71. The van der Waals surface area contributed by atoms with Crippen LogP contribution in [0.4, 0.5) is 10.5 Å². The van der Waals surface area contributed by atoms with E-state index in [0.717, 1.165) is 5.56 Å². The highest BCUT2D eigenvalue weighted by Crippen LogP contribution is 2.19. The number of rotatable bonds is 5. The molecule has 0 atom stereocenters. The first-order valence-electron chi connectivity index (χ1n) is 7.20. The quantitative estimate of drug-likeness (QED) is 0.772. The number of benzene rings is 2. The minimum atomic E-state index is -0.525. The highest BCUT2D eigenvalue weighted by atomic mass is 16.5. The van der Waals surface area contributed by atoms with Gasteiger partial charge in [-0.3, -0.25) is 5.32 Å². The van der Waals surface area contributed by atoms with Crippen molar-refractivity contribution in [3.05, 3.63) is 60.5 Å². The normalized spacial score (nSPS) is 10.2. The Morgan fingerprint density at radius 1 is 1.08 bits per heavy atom. The topological polar surface area (TPSA) is 86.5 Å². The lowest BCUT2D eigenvalue weighted by Crippen LogP contribution is -2.10. The average Bonchev–Trinajstić information content (AvgIpc) is 3.11. The molecule has 0 aliphatic rings. The zero-order valence-corrected chi connectivity index (χ0v) is 12.9. The molecule has 7 heteroatoms. The molecule has 24 heavy (non-hydrogen) atoms. The first kappa shape index (κ1) is 15.5. The summed E-state index contributed by atoms with van der Waals surface area (Å²) in [5, 5.41) is 10.5. The van der Waals surface area contributed by atoms with Crippen molar-refractivity contribution >= 4 is 11.8 Å². The number of anilines is 1. The van der Waals surface area contributed by atoms with Crippen molar-refractivity contribution in [3.63, 3.8) is 0 Å². The number of amides is 1. The molecule has 0 unspecified atom stereocenters. The van der Waals surface area contributed by atoms with Crippen molar-refractivity contribution in [1.29, 1.82) is 0 Å². The van der Waals surface area contributed by atoms with Gasteiger partial charge in [0.25, 0.3) is 5.89 Å². The van der Waals surface area contributed by atoms with E-state index in [9.17, 15) is 4.79 Å². The molecule has 1 heterocycles. The van der Waals surface area contributed by atoms with E-state index in [1.807, 2.05) is 30.3 Å². The third-order valence-corrected chi connectivity index (χ3v) is 3.14. The van der Waals surface area contributed by atoms with Gasteiger partial charge in [-0.2, -0.15) is 0 Å². The Morgan fingerprint density at radius 2 is 1.83 bits per heavy atom. The van der Waals surface area contributed by atoms with Crippen LogP contribution in [0, 0.1) is 0 Å². The molecular weight excluding hydrogens is 310 g/mol. The maximum Gasteiger partial charge on any atom is 0.411 e.